The molecule has 3 aromatic rings. The van der Waals surface area contributed by atoms with Crippen molar-refractivity contribution < 1.29 is 4.79 Å². The Labute approximate surface area is 145 Å². The molecule has 7 heteroatoms. The van der Waals surface area contributed by atoms with E-state index in [0.29, 0.717) is 16.8 Å². The number of benzene rings is 1. The molecule has 0 atom stereocenters. The van der Waals surface area contributed by atoms with Gasteiger partial charge < -0.3 is 10.2 Å². The highest BCUT2D eigenvalue weighted by atomic mass is 16.1. The maximum Gasteiger partial charge on any atom is 0.255 e. The van der Waals surface area contributed by atoms with E-state index in [1.165, 1.54) is 19.3 Å². The second-order valence-corrected chi connectivity index (χ2v) is 6.03. The molecular weight excluding hydrogens is 316 g/mol. The van der Waals surface area contributed by atoms with E-state index >= 15 is 0 Å². The highest BCUT2D eigenvalue weighted by Gasteiger charge is 2.14. The van der Waals surface area contributed by atoms with Crippen LogP contribution in [0.1, 0.15) is 29.6 Å². The summed E-state index contributed by atoms with van der Waals surface area (Å²) in [5.41, 5.74) is 2.54. The van der Waals surface area contributed by atoms with Crippen LogP contribution in [0, 0.1) is 0 Å². The largest absolute Gasteiger partial charge is 0.341 e. The molecular formula is C18H18N6O. The molecule has 1 aliphatic rings. The van der Waals surface area contributed by atoms with Crippen LogP contribution in [-0.4, -0.2) is 38.9 Å². The van der Waals surface area contributed by atoms with Gasteiger partial charge in [-0.15, -0.1) is 0 Å². The molecule has 1 aliphatic heterocycles. The Morgan fingerprint density at radius 2 is 1.64 bits per heavy atom. The highest BCUT2D eigenvalue weighted by Crippen LogP contribution is 2.17. The fourth-order valence-electron chi connectivity index (χ4n) is 2.95. The number of nitrogens with zero attached hydrogens (tertiary/aromatic N) is 5. The van der Waals surface area contributed by atoms with Crippen molar-refractivity contribution in [2.75, 3.05) is 23.3 Å². The van der Waals surface area contributed by atoms with Gasteiger partial charge in [-0.25, -0.2) is 9.97 Å². The number of hydrogen-bond donors (Lipinski definition) is 1. The molecule has 1 amide bonds. The van der Waals surface area contributed by atoms with E-state index in [1.807, 2.05) is 0 Å². The zero-order chi connectivity index (χ0) is 17.1. The molecule has 0 bridgehead atoms. The Morgan fingerprint density at radius 1 is 0.920 bits per heavy atom. The lowest BCUT2D eigenvalue weighted by Crippen LogP contribution is -2.30. The summed E-state index contributed by atoms with van der Waals surface area (Å²) < 4.78 is 0. The molecule has 1 aromatic carbocycles. The van der Waals surface area contributed by atoms with Crippen LogP contribution >= 0.6 is 0 Å². The maximum atomic E-state index is 12.4. The van der Waals surface area contributed by atoms with Crippen molar-refractivity contribution in [1.29, 1.82) is 0 Å². The van der Waals surface area contributed by atoms with E-state index in [9.17, 15) is 4.79 Å². The van der Waals surface area contributed by atoms with Crippen LogP contribution in [0.3, 0.4) is 0 Å². The normalized spacial score (nSPS) is 14.5. The Bertz CT molecular complexity index is 889. The van der Waals surface area contributed by atoms with Gasteiger partial charge in [0, 0.05) is 31.0 Å². The highest BCUT2D eigenvalue weighted by molar-refractivity contribution is 6.05. The number of aromatic nitrogens is 4. The minimum absolute atomic E-state index is 0.220. The fourth-order valence-corrected chi connectivity index (χ4v) is 2.95. The van der Waals surface area contributed by atoms with Crippen molar-refractivity contribution in [3.63, 3.8) is 0 Å². The van der Waals surface area contributed by atoms with Crippen LogP contribution in [0.25, 0.3) is 11.0 Å². The Balaban J connectivity index is 1.47. The Morgan fingerprint density at radius 3 is 2.40 bits per heavy atom. The molecule has 1 saturated heterocycles. The van der Waals surface area contributed by atoms with E-state index in [-0.39, 0.29) is 5.91 Å². The van der Waals surface area contributed by atoms with Crippen molar-refractivity contribution in [2.24, 2.45) is 0 Å². The second kappa shape index (κ2) is 6.80. The van der Waals surface area contributed by atoms with Crippen LogP contribution in [0.4, 0.5) is 11.6 Å². The van der Waals surface area contributed by atoms with Crippen molar-refractivity contribution in [2.45, 2.75) is 19.3 Å². The van der Waals surface area contributed by atoms with Crippen molar-refractivity contribution in [3.8, 4) is 0 Å². The molecule has 3 heterocycles. The summed E-state index contributed by atoms with van der Waals surface area (Å²) in [7, 11) is 0. The number of fused-ring (bicyclic) bond motifs is 1. The smallest absolute Gasteiger partial charge is 0.255 e. The van der Waals surface area contributed by atoms with Crippen LogP contribution < -0.4 is 10.2 Å². The number of amides is 1. The van der Waals surface area contributed by atoms with Gasteiger partial charge in [0.25, 0.3) is 5.91 Å². The van der Waals surface area contributed by atoms with Gasteiger partial charge in [0.1, 0.15) is 0 Å². The number of anilines is 2. The lowest BCUT2D eigenvalue weighted by molar-refractivity contribution is 0.102. The molecule has 0 spiro atoms. The molecule has 4 rings (SSSR count). The third kappa shape index (κ3) is 3.40. The quantitative estimate of drug-likeness (QED) is 0.793. The zero-order valence-corrected chi connectivity index (χ0v) is 13.7. The zero-order valence-electron chi connectivity index (χ0n) is 13.7. The summed E-state index contributed by atoms with van der Waals surface area (Å²) in [6.07, 6.45) is 10.1. The molecule has 0 saturated carbocycles. The van der Waals surface area contributed by atoms with Gasteiger partial charge >= 0.3 is 0 Å². The summed E-state index contributed by atoms with van der Waals surface area (Å²) in [6.45, 7) is 1.98. The summed E-state index contributed by atoms with van der Waals surface area (Å²) in [4.78, 5) is 31.8. The van der Waals surface area contributed by atoms with Crippen molar-refractivity contribution >= 4 is 28.6 Å². The Kier molecular flexibility index (Phi) is 4.20. The lowest BCUT2D eigenvalue weighted by atomic mass is 10.1. The van der Waals surface area contributed by atoms with E-state index < -0.39 is 0 Å². The first kappa shape index (κ1) is 15.4. The van der Waals surface area contributed by atoms with Gasteiger partial charge in [-0.05, 0) is 37.5 Å². The topological polar surface area (TPSA) is 83.9 Å². The molecule has 0 aliphatic carbocycles. The van der Waals surface area contributed by atoms with Gasteiger partial charge in [0.05, 0.1) is 29.1 Å². The molecule has 1 N–H and O–H groups in total. The number of rotatable bonds is 3. The first-order valence-electron chi connectivity index (χ1n) is 8.39. The third-order valence-electron chi connectivity index (χ3n) is 4.27. The maximum absolute atomic E-state index is 12.4. The molecule has 7 nitrogen and oxygen atoms in total. The number of carbonyl (C=O) groups is 1. The SMILES string of the molecule is O=C(Nc1cnc(N2CCCCC2)nc1)c1ccc2nccnc2c1. The molecule has 25 heavy (non-hydrogen) atoms. The van der Waals surface area contributed by atoms with Gasteiger partial charge in [-0.2, -0.15) is 0 Å². The standard InChI is InChI=1S/C18H18N6O/c25-17(13-4-5-15-16(10-13)20-7-6-19-15)23-14-11-21-18(22-12-14)24-8-2-1-3-9-24/h4-7,10-12H,1-3,8-9H2,(H,23,25). The van der Waals surface area contributed by atoms with Gasteiger partial charge in [0.15, 0.2) is 0 Å². The summed E-state index contributed by atoms with van der Waals surface area (Å²) in [5, 5.41) is 2.82. The number of hydrogen-bond acceptors (Lipinski definition) is 6. The third-order valence-corrected chi connectivity index (χ3v) is 4.27. The molecule has 1 fully saturated rings. The van der Waals surface area contributed by atoms with Gasteiger partial charge in [-0.3, -0.25) is 14.8 Å². The van der Waals surface area contributed by atoms with Gasteiger partial charge in [-0.1, -0.05) is 0 Å². The van der Waals surface area contributed by atoms with E-state index in [0.717, 1.165) is 24.6 Å². The summed E-state index contributed by atoms with van der Waals surface area (Å²) in [5.74, 6) is 0.501. The Hall–Kier alpha value is -3.09. The summed E-state index contributed by atoms with van der Waals surface area (Å²) >= 11 is 0. The van der Waals surface area contributed by atoms with E-state index in [4.69, 9.17) is 0 Å². The van der Waals surface area contributed by atoms with Gasteiger partial charge in [0.2, 0.25) is 5.95 Å². The number of carbonyl (C=O) groups excluding carboxylic acids is 1. The van der Waals surface area contributed by atoms with Crippen LogP contribution in [0.15, 0.2) is 43.0 Å². The van der Waals surface area contributed by atoms with E-state index in [2.05, 4.69) is 30.2 Å². The average molecular weight is 334 g/mol. The van der Waals surface area contributed by atoms with Crippen LogP contribution in [0.5, 0.6) is 0 Å². The predicted molar refractivity (Wildman–Crippen MR) is 95.6 cm³/mol. The minimum Gasteiger partial charge on any atom is -0.341 e. The lowest BCUT2D eigenvalue weighted by Gasteiger charge is -2.26. The first-order chi connectivity index (χ1) is 12.3. The van der Waals surface area contributed by atoms with E-state index in [1.54, 1.807) is 43.0 Å². The molecule has 0 radical (unpaired) electrons. The summed E-state index contributed by atoms with van der Waals surface area (Å²) in [6, 6.07) is 5.24. The van der Waals surface area contributed by atoms with Crippen LogP contribution in [0.2, 0.25) is 0 Å². The predicted octanol–water partition coefficient (Wildman–Crippen LogP) is 2.66. The van der Waals surface area contributed by atoms with Crippen LogP contribution in [-0.2, 0) is 0 Å². The molecule has 126 valence electrons. The molecule has 2 aromatic heterocycles. The number of nitrogens with one attached hydrogen (secondary N) is 1. The minimum atomic E-state index is -0.220. The molecule has 0 unspecified atom stereocenters. The first-order valence-corrected chi connectivity index (χ1v) is 8.39. The second-order valence-electron chi connectivity index (χ2n) is 6.03. The number of piperidine rings is 1. The van der Waals surface area contributed by atoms with Crippen molar-refractivity contribution in [1.82, 2.24) is 19.9 Å². The average Bonchev–Trinajstić information content (AvgIpc) is 2.69. The monoisotopic (exact) mass is 334 g/mol. The fraction of sp³-hybridized carbons (Fsp3) is 0.278. The van der Waals surface area contributed by atoms with Crippen molar-refractivity contribution in [3.05, 3.63) is 48.5 Å².